The molecule has 0 amide bonds. The third-order valence-corrected chi connectivity index (χ3v) is 3.64. The number of aromatic nitrogens is 2. The molecule has 2 heterocycles. The van der Waals surface area contributed by atoms with E-state index in [2.05, 4.69) is 40.3 Å². The predicted octanol–water partition coefficient (Wildman–Crippen LogP) is 4.48. The van der Waals surface area contributed by atoms with Crippen LogP contribution in [0.5, 0.6) is 0 Å². The van der Waals surface area contributed by atoms with Gasteiger partial charge in [0.25, 0.3) is 0 Å². The summed E-state index contributed by atoms with van der Waals surface area (Å²) in [6, 6.07) is 20.3. The zero-order valence-electron chi connectivity index (χ0n) is 11.9. The lowest BCUT2D eigenvalue weighted by Crippen LogP contribution is -1.87. The molecule has 2 aromatic heterocycles. The molecule has 0 fully saturated rings. The summed E-state index contributed by atoms with van der Waals surface area (Å²) in [7, 11) is 0. The standard InChI is InChI=1S/C19H14N2O/c1-2-6-14(7-3-1)12-15-8-4-10-17-18(15)22-19(21-17)16-9-5-11-20-13-16/h1-11,13H,12H2. The van der Waals surface area contributed by atoms with Crippen LogP contribution in [0, 0.1) is 0 Å². The minimum absolute atomic E-state index is 0.614. The minimum atomic E-state index is 0.614. The topological polar surface area (TPSA) is 38.9 Å². The Labute approximate surface area is 128 Å². The fraction of sp³-hybridized carbons (Fsp3) is 0.0526. The van der Waals surface area contributed by atoms with E-state index in [4.69, 9.17) is 4.42 Å². The molecule has 0 radical (unpaired) electrons. The molecule has 3 heteroatoms. The van der Waals surface area contributed by atoms with Gasteiger partial charge >= 0.3 is 0 Å². The monoisotopic (exact) mass is 286 g/mol. The molecule has 3 nitrogen and oxygen atoms in total. The number of pyridine rings is 1. The summed E-state index contributed by atoms with van der Waals surface area (Å²) in [6.45, 7) is 0. The first kappa shape index (κ1) is 12.8. The average molecular weight is 286 g/mol. The third kappa shape index (κ3) is 2.37. The largest absolute Gasteiger partial charge is 0.436 e. The Bertz CT molecular complexity index is 899. The number of nitrogens with zero attached hydrogens (tertiary/aromatic N) is 2. The maximum Gasteiger partial charge on any atom is 0.228 e. The van der Waals surface area contributed by atoms with Crippen LogP contribution in [0.2, 0.25) is 0 Å². The van der Waals surface area contributed by atoms with Crippen molar-refractivity contribution in [2.75, 3.05) is 0 Å². The highest BCUT2D eigenvalue weighted by Crippen LogP contribution is 2.27. The molecule has 0 saturated heterocycles. The van der Waals surface area contributed by atoms with E-state index in [1.807, 2.05) is 30.3 Å². The van der Waals surface area contributed by atoms with Crippen LogP contribution in [0.15, 0.2) is 77.5 Å². The van der Waals surface area contributed by atoms with Crippen molar-refractivity contribution in [1.29, 1.82) is 0 Å². The third-order valence-electron chi connectivity index (χ3n) is 3.64. The van der Waals surface area contributed by atoms with Crippen LogP contribution in [-0.2, 0) is 6.42 Å². The average Bonchev–Trinajstić information content (AvgIpc) is 3.02. The van der Waals surface area contributed by atoms with Gasteiger partial charge in [-0.3, -0.25) is 4.98 Å². The fourth-order valence-corrected chi connectivity index (χ4v) is 2.57. The number of benzene rings is 2. The van der Waals surface area contributed by atoms with E-state index in [0.717, 1.165) is 28.6 Å². The molecule has 4 aromatic rings. The van der Waals surface area contributed by atoms with Gasteiger partial charge in [0.1, 0.15) is 5.52 Å². The van der Waals surface area contributed by atoms with E-state index in [-0.39, 0.29) is 0 Å². The molecule has 0 aliphatic carbocycles. The highest BCUT2D eigenvalue weighted by atomic mass is 16.3. The molecular weight excluding hydrogens is 272 g/mol. The van der Waals surface area contributed by atoms with E-state index >= 15 is 0 Å². The Morgan fingerprint density at radius 2 is 1.77 bits per heavy atom. The number of fused-ring (bicyclic) bond motifs is 1. The lowest BCUT2D eigenvalue weighted by Gasteiger charge is -2.01. The van der Waals surface area contributed by atoms with Crippen molar-refractivity contribution in [3.63, 3.8) is 0 Å². The SMILES string of the molecule is c1ccc(Cc2cccc3nc(-c4cccnc4)oc23)cc1. The van der Waals surface area contributed by atoms with Crippen molar-refractivity contribution in [3.8, 4) is 11.5 Å². The number of rotatable bonds is 3. The number of para-hydroxylation sites is 1. The second kappa shape index (κ2) is 5.45. The second-order valence-corrected chi connectivity index (χ2v) is 5.19. The molecule has 0 aliphatic rings. The zero-order chi connectivity index (χ0) is 14.8. The summed E-state index contributed by atoms with van der Waals surface area (Å²) in [4.78, 5) is 8.70. The van der Waals surface area contributed by atoms with E-state index in [0.29, 0.717) is 5.89 Å². The summed E-state index contributed by atoms with van der Waals surface area (Å²) in [6.07, 6.45) is 4.34. The van der Waals surface area contributed by atoms with Crippen LogP contribution in [0.25, 0.3) is 22.6 Å². The van der Waals surface area contributed by atoms with Crippen LogP contribution >= 0.6 is 0 Å². The molecule has 0 aliphatic heterocycles. The smallest absolute Gasteiger partial charge is 0.228 e. The van der Waals surface area contributed by atoms with Gasteiger partial charge in [-0.25, -0.2) is 4.98 Å². The first-order chi connectivity index (χ1) is 10.9. The molecule has 0 N–H and O–H groups in total. The molecule has 0 bridgehead atoms. The summed E-state index contributed by atoms with van der Waals surface area (Å²) >= 11 is 0. The Hall–Kier alpha value is -2.94. The Balaban J connectivity index is 1.78. The van der Waals surface area contributed by atoms with Gasteiger partial charge in [-0.05, 0) is 23.8 Å². The molecular formula is C19H14N2O. The molecule has 0 spiro atoms. The van der Waals surface area contributed by atoms with Crippen molar-refractivity contribution in [3.05, 3.63) is 84.2 Å². The number of hydrogen-bond donors (Lipinski definition) is 0. The van der Waals surface area contributed by atoms with Crippen LogP contribution < -0.4 is 0 Å². The normalized spacial score (nSPS) is 10.9. The van der Waals surface area contributed by atoms with Crippen molar-refractivity contribution in [1.82, 2.24) is 9.97 Å². The molecule has 2 aromatic carbocycles. The van der Waals surface area contributed by atoms with Crippen LogP contribution in [0.4, 0.5) is 0 Å². The van der Waals surface area contributed by atoms with Gasteiger partial charge in [0.15, 0.2) is 5.58 Å². The van der Waals surface area contributed by atoms with Crippen molar-refractivity contribution < 1.29 is 4.42 Å². The van der Waals surface area contributed by atoms with E-state index in [1.165, 1.54) is 5.56 Å². The zero-order valence-corrected chi connectivity index (χ0v) is 11.9. The summed E-state index contributed by atoms with van der Waals surface area (Å²) in [5.41, 5.74) is 5.03. The van der Waals surface area contributed by atoms with Crippen LogP contribution in [0.3, 0.4) is 0 Å². The summed E-state index contributed by atoms with van der Waals surface area (Å²) in [5, 5.41) is 0. The Morgan fingerprint density at radius 3 is 2.59 bits per heavy atom. The first-order valence-electron chi connectivity index (χ1n) is 7.23. The molecule has 4 rings (SSSR count). The maximum atomic E-state index is 6.01. The van der Waals surface area contributed by atoms with Gasteiger partial charge in [-0.15, -0.1) is 0 Å². The van der Waals surface area contributed by atoms with Gasteiger partial charge < -0.3 is 4.42 Å². The molecule has 0 atom stereocenters. The molecule has 106 valence electrons. The molecule has 0 unspecified atom stereocenters. The molecule has 0 saturated carbocycles. The van der Waals surface area contributed by atoms with E-state index in [9.17, 15) is 0 Å². The first-order valence-corrected chi connectivity index (χ1v) is 7.23. The second-order valence-electron chi connectivity index (χ2n) is 5.19. The quantitative estimate of drug-likeness (QED) is 0.557. The van der Waals surface area contributed by atoms with E-state index < -0.39 is 0 Å². The predicted molar refractivity (Wildman–Crippen MR) is 86.5 cm³/mol. The molecule has 22 heavy (non-hydrogen) atoms. The summed E-state index contributed by atoms with van der Waals surface area (Å²) < 4.78 is 6.01. The van der Waals surface area contributed by atoms with Crippen molar-refractivity contribution in [2.45, 2.75) is 6.42 Å². The Kier molecular flexibility index (Phi) is 3.16. The van der Waals surface area contributed by atoms with E-state index in [1.54, 1.807) is 12.4 Å². The van der Waals surface area contributed by atoms with Gasteiger partial charge in [-0.1, -0.05) is 42.5 Å². The lowest BCUT2D eigenvalue weighted by atomic mass is 10.0. The number of hydrogen-bond acceptors (Lipinski definition) is 3. The highest BCUT2D eigenvalue weighted by molar-refractivity contribution is 5.79. The summed E-state index contributed by atoms with van der Waals surface area (Å²) in [5.74, 6) is 0.614. The fourth-order valence-electron chi connectivity index (χ4n) is 2.57. The van der Waals surface area contributed by atoms with Crippen LogP contribution in [-0.4, -0.2) is 9.97 Å². The van der Waals surface area contributed by atoms with Gasteiger partial charge in [-0.2, -0.15) is 0 Å². The van der Waals surface area contributed by atoms with Gasteiger partial charge in [0.2, 0.25) is 5.89 Å². The number of oxazole rings is 1. The lowest BCUT2D eigenvalue weighted by molar-refractivity contribution is 0.616. The Morgan fingerprint density at radius 1 is 0.864 bits per heavy atom. The van der Waals surface area contributed by atoms with Gasteiger partial charge in [0.05, 0.1) is 5.56 Å². The minimum Gasteiger partial charge on any atom is -0.436 e. The highest BCUT2D eigenvalue weighted by Gasteiger charge is 2.11. The van der Waals surface area contributed by atoms with Crippen LogP contribution in [0.1, 0.15) is 11.1 Å². The van der Waals surface area contributed by atoms with Crippen molar-refractivity contribution in [2.24, 2.45) is 0 Å². The van der Waals surface area contributed by atoms with Gasteiger partial charge in [0, 0.05) is 24.4 Å². The van der Waals surface area contributed by atoms with Crippen molar-refractivity contribution >= 4 is 11.1 Å². The maximum absolute atomic E-state index is 6.01.